The minimum Gasteiger partial charge on any atom is -0.326 e. The normalized spacial score (nSPS) is 10.3. The van der Waals surface area contributed by atoms with E-state index in [0.717, 1.165) is 19.9 Å². The Kier molecular flexibility index (Phi) is 5.39. The van der Waals surface area contributed by atoms with E-state index in [1.165, 1.54) is 30.0 Å². The van der Waals surface area contributed by atoms with Gasteiger partial charge in [-0.25, -0.2) is 0 Å². The third-order valence-corrected chi connectivity index (χ3v) is 5.31. The predicted octanol–water partition coefficient (Wildman–Crippen LogP) is 4.44. The summed E-state index contributed by atoms with van der Waals surface area (Å²) in [6, 6.07) is 9.33. The van der Waals surface area contributed by atoms with Crippen LogP contribution in [0.3, 0.4) is 0 Å². The lowest BCUT2D eigenvalue weighted by atomic mass is 10.3. The Balaban J connectivity index is 1.93. The second kappa shape index (κ2) is 7.06. The number of halogens is 1. The Morgan fingerprint density at radius 1 is 1.25 bits per heavy atom. The van der Waals surface area contributed by atoms with Crippen LogP contribution in [0.5, 0.6) is 0 Å². The highest BCUT2D eigenvalue weighted by molar-refractivity contribution is 9.10. The topological polar surface area (TPSA) is 46.2 Å². The molecule has 0 bridgehead atoms. The highest BCUT2D eigenvalue weighted by atomic mass is 79.9. The summed E-state index contributed by atoms with van der Waals surface area (Å²) < 4.78 is 0.856. The first kappa shape index (κ1) is 15.3. The van der Waals surface area contributed by atoms with E-state index in [2.05, 4.69) is 21.2 Å². The minimum atomic E-state index is -0.0943. The Morgan fingerprint density at radius 3 is 2.50 bits per heavy atom. The molecule has 1 heterocycles. The highest BCUT2D eigenvalue weighted by Gasteiger charge is 2.11. The van der Waals surface area contributed by atoms with Crippen LogP contribution in [-0.2, 0) is 4.79 Å². The van der Waals surface area contributed by atoms with Crippen molar-refractivity contribution in [2.24, 2.45) is 0 Å². The number of hydrogen-bond acceptors (Lipinski definition) is 4. The Bertz CT molecular complexity index is 622. The van der Waals surface area contributed by atoms with E-state index in [1.54, 1.807) is 0 Å². The number of carbonyl (C=O) groups is 2. The molecule has 1 aromatic heterocycles. The summed E-state index contributed by atoms with van der Waals surface area (Å²) in [4.78, 5) is 24.7. The van der Waals surface area contributed by atoms with Crippen LogP contribution < -0.4 is 5.32 Å². The van der Waals surface area contributed by atoms with Crippen LogP contribution in [0.1, 0.15) is 16.6 Å². The first-order chi connectivity index (χ1) is 9.56. The summed E-state index contributed by atoms with van der Waals surface area (Å²) in [5.41, 5.74) is 0.758. The zero-order valence-electron chi connectivity index (χ0n) is 10.7. The quantitative estimate of drug-likeness (QED) is 0.625. The summed E-state index contributed by atoms with van der Waals surface area (Å²) in [5.74, 6) is 0.421. The molecular formula is C14H12BrNO2S2. The van der Waals surface area contributed by atoms with Crippen LogP contribution in [0.2, 0.25) is 0 Å². The molecule has 1 amide bonds. The molecule has 2 aromatic rings. The van der Waals surface area contributed by atoms with Gasteiger partial charge < -0.3 is 5.32 Å². The van der Waals surface area contributed by atoms with Crippen LogP contribution in [0.4, 0.5) is 5.69 Å². The van der Waals surface area contributed by atoms with Gasteiger partial charge in [0.2, 0.25) is 5.91 Å². The van der Waals surface area contributed by atoms with E-state index >= 15 is 0 Å². The molecular weight excluding hydrogens is 358 g/mol. The number of amides is 1. The maximum atomic E-state index is 12.0. The van der Waals surface area contributed by atoms with Crippen molar-refractivity contribution in [1.29, 1.82) is 0 Å². The van der Waals surface area contributed by atoms with Crippen LogP contribution in [0.15, 0.2) is 45.1 Å². The second-order valence-electron chi connectivity index (χ2n) is 4.02. The third-order valence-electron chi connectivity index (χ3n) is 2.42. The van der Waals surface area contributed by atoms with Gasteiger partial charge in [-0.2, -0.15) is 0 Å². The molecule has 0 aliphatic rings. The molecule has 1 aromatic carbocycles. The van der Waals surface area contributed by atoms with Crippen LogP contribution >= 0.6 is 39.0 Å². The van der Waals surface area contributed by atoms with E-state index in [1.807, 2.05) is 35.7 Å². The Morgan fingerprint density at radius 2 is 1.95 bits per heavy atom. The van der Waals surface area contributed by atoms with Crippen molar-refractivity contribution in [3.05, 3.63) is 45.1 Å². The van der Waals surface area contributed by atoms with Crippen LogP contribution in [-0.4, -0.2) is 17.4 Å². The van der Waals surface area contributed by atoms with Crippen molar-refractivity contribution >= 4 is 56.4 Å². The van der Waals surface area contributed by atoms with E-state index < -0.39 is 0 Å². The second-order valence-corrected chi connectivity index (χ2v) is 6.83. The summed E-state index contributed by atoms with van der Waals surface area (Å²) >= 11 is 6.30. The molecule has 0 unspecified atom stereocenters. The van der Waals surface area contributed by atoms with Crippen molar-refractivity contribution in [3.8, 4) is 0 Å². The molecule has 0 aliphatic carbocycles. The molecule has 0 saturated carbocycles. The fourth-order valence-corrected chi connectivity index (χ4v) is 3.94. The molecule has 0 saturated heterocycles. The van der Waals surface area contributed by atoms with Gasteiger partial charge in [0, 0.05) is 22.0 Å². The molecule has 0 radical (unpaired) electrons. The maximum absolute atomic E-state index is 12.0. The highest BCUT2D eigenvalue weighted by Crippen LogP contribution is 2.26. The summed E-state index contributed by atoms with van der Waals surface area (Å²) in [6.07, 6.45) is 0. The lowest BCUT2D eigenvalue weighted by molar-refractivity contribution is -0.114. The van der Waals surface area contributed by atoms with E-state index in [-0.39, 0.29) is 11.7 Å². The smallest absolute Gasteiger partial charge is 0.221 e. The van der Waals surface area contributed by atoms with Gasteiger partial charge in [-0.15, -0.1) is 23.1 Å². The van der Waals surface area contributed by atoms with Gasteiger partial charge in [-0.05, 0) is 51.6 Å². The Hall–Kier alpha value is -1.11. The van der Waals surface area contributed by atoms with E-state index in [4.69, 9.17) is 0 Å². The molecule has 1 N–H and O–H groups in total. The number of hydrogen-bond donors (Lipinski definition) is 1. The standard InChI is InChI=1S/C14H12BrNO2S2/c1-9(17)16-10-2-4-11(5-3-10)20-8-13(18)14-12(15)6-7-19-14/h2-7H,8H2,1H3,(H,16,17). The number of benzene rings is 1. The fourth-order valence-electron chi connectivity index (χ4n) is 1.54. The summed E-state index contributed by atoms with van der Waals surface area (Å²) in [7, 11) is 0. The van der Waals surface area contributed by atoms with Crippen LogP contribution in [0, 0.1) is 0 Å². The van der Waals surface area contributed by atoms with E-state index in [0.29, 0.717) is 5.75 Å². The first-order valence-corrected chi connectivity index (χ1v) is 8.49. The largest absolute Gasteiger partial charge is 0.326 e. The monoisotopic (exact) mass is 369 g/mol. The first-order valence-electron chi connectivity index (χ1n) is 5.83. The van der Waals surface area contributed by atoms with Gasteiger partial charge in [-0.1, -0.05) is 0 Å². The van der Waals surface area contributed by atoms with Crippen molar-refractivity contribution in [2.45, 2.75) is 11.8 Å². The molecule has 3 nitrogen and oxygen atoms in total. The van der Waals surface area contributed by atoms with Crippen molar-refractivity contribution < 1.29 is 9.59 Å². The lowest BCUT2D eigenvalue weighted by Gasteiger charge is -2.04. The molecule has 0 spiro atoms. The molecule has 6 heteroatoms. The molecule has 0 atom stereocenters. The number of anilines is 1. The Labute approximate surface area is 133 Å². The molecule has 2 rings (SSSR count). The van der Waals surface area contributed by atoms with Gasteiger partial charge in [0.25, 0.3) is 0 Å². The fraction of sp³-hybridized carbons (Fsp3) is 0.143. The summed E-state index contributed by atoms with van der Waals surface area (Å²) in [6.45, 7) is 1.47. The molecule has 104 valence electrons. The molecule has 0 aliphatic heterocycles. The van der Waals surface area contributed by atoms with Gasteiger partial charge in [0.05, 0.1) is 10.6 Å². The number of ketones is 1. The van der Waals surface area contributed by atoms with Gasteiger partial charge >= 0.3 is 0 Å². The van der Waals surface area contributed by atoms with E-state index in [9.17, 15) is 9.59 Å². The van der Waals surface area contributed by atoms with Crippen molar-refractivity contribution in [1.82, 2.24) is 0 Å². The van der Waals surface area contributed by atoms with Crippen molar-refractivity contribution in [3.63, 3.8) is 0 Å². The third kappa shape index (κ3) is 4.19. The van der Waals surface area contributed by atoms with Gasteiger partial charge in [-0.3, -0.25) is 9.59 Å². The number of rotatable bonds is 5. The average molecular weight is 370 g/mol. The number of carbonyl (C=O) groups excluding carboxylic acids is 2. The van der Waals surface area contributed by atoms with Gasteiger partial charge in [0.15, 0.2) is 5.78 Å². The number of Topliss-reactive ketones (excluding diaryl/α,β-unsaturated/α-hetero) is 1. The SMILES string of the molecule is CC(=O)Nc1ccc(SCC(=O)c2sccc2Br)cc1. The maximum Gasteiger partial charge on any atom is 0.221 e. The number of nitrogens with one attached hydrogen (secondary N) is 1. The number of thioether (sulfide) groups is 1. The van der Waals surface area contributed by atoms with Crippen molar-refractivity contribution in [2.75, 3.05) is 11.1 Å². The minimum absolute atomic E-state index is 0.0943. The van der Waals surface area contributed by atoms with Crippen LogP contribution in [0.25, 0.3) is 0 Å². The zero-order valence-corrected chi connectivity index (χ0v) is 13.9. The van der Waals surface area contributed by atoms with Gasteiger partial charge in [0.1, 0.15) is 0 Å². The summed E-state index contributed by atoms with van der Waals surface area (Å²) in [5, 5.41) is 4.60. The average Bonchev–Trinajstić information content (AvgIpc) is 2.83. The molecule has 0 fully saturated rings. The predicted molar refractivity (Wildman–Crippen MR) is 87.8 cm³/mol. The zero-order chi connectivity index (χ0) is 14.5. The lowest BCUT2D eigenvalue weighted by Crippen LogP contribution is -2.05. The molecule has 20 heavy (non-hydrogen) atoms. The number of thiophene rings is 1.